The van der Waals surface area contributed by atoms with Crippen molar-refractivity contribution in [2.75, 3.05) is 25.0 Å². The van der Waals surface area contributed by atoms with Gasteiger partial charge in [0.25, 0.3) is 0 Å². The first-order valence-corrected chi connectivity index (χ1v) is 8.66. The number of rotatable bonds is 5. The lowest BCUT2D eigenvalue weighted by molar-refractivity contribution is -0.119. The summed E-state index contributed by atoms with van der Waals surface area (Å²) in [5.41, 5.74) is 0. The van der Waals surface area contributed by atoms with Crippen molar-refractivity contribution >= 4 is 23.6 Å². The van der Waals surface area contributed by atoms with Gasteiger partial charge in [-0.25, -0.2) is 0 Å². The molecule has 21 heavy (non-hydrogen) atoms. The number of hydrogen-bond acceptors (Lipinski definition) is 5. The summed E-state index contributed by atoms with van der Waals surface area (Å²) < 4.78 is 2.26. The first kappa shape index (κ1) is 14.7. The molecular formula is C14H23N5OS. The lowest BCUT2D eigenvalue weighted by Gasteiger charge is -2.28. The van der Waals surface area contributed by atoms with E-state index in [4.69, 9.17) is 0 Å². The zero-order chi connectivity index (χ0) is 14.8. The first-order valence-electron chi connectivity index (χ1n) is 7.79. The fourth-order valence-electron chi connectivity index (χ4n) is 2.73. The van der Waals surface area contributed by atoms with Crippen LogP contribution in [0.2, 0.25) is 0 Å². The number of carbonyl (C=O) groups excluding carboxylic acids is 1. The number of carbonyl (C=O) groups is 1. The van der Waals surface area contributed by atoms with Crippen molar-refractivity contribution < 1.29 is 4.79 Å². The van der Waals surface area contributed by atoms with Gasteiger partial charge in [-0.3, -0.25) is 9.36 Å². The van der Waals surface area contributed by atoms with Crippen LogP contribution in [0.1, 0.15) is 45.1 Å². The SMILES string of the molecule is CNC(=O)[C@H](C)Sc1nnc(N2CCCCC2)n1C1CC1. The zero-order valence-electron chi connectivity index (χ0n) is 12.7. The molecule has 116 valence electrons. The van der Waals surface area contributed by atoms with Crippen molar-refractivity contribution in [3.8, 4) is 0 Å². The van der Waals surface area contributed by atoms with Gasteiger partial charge in [-0.05, 0) is 39.0 Å². The molecule has 1 amide bonds. The van der Waals surface area contributed by atoms with E-state index in [1.54, 1.807) is 7.05 Å². The van der Waals surface area contributed by atoms with E-state index in [9.17, 15) is 4.79 Å². The number of hydrogen-bond donors (Lipinski definition) is 1. The van der Waals surface area contributed by atoms with E-state index in [1.165, 1.54) is 43.9 Å². The highest BCUT2D eigenvalue weighted by molar-refractivity contribution is 8.00. The molecule has 1 aliphatic heterocycles. The number of anilines is 1. The molecule has 1 aromatic heterocycles. The predicted octanol–water partition coefficient (Wildman–Crippen LogP) is 1.83. The van der Waals surface area contributed by atoms with E-state index in [1.807, 2.05) is 6.92 Å². The third-order valence-electron chi connectivity index (χ3n) is 4.10. The first-order chi connectivity index (χ1) is 10.2. The molecule has 2 heterocycles. The molecule has 1 atom stereocenters. The molecule has 1 saturated carbocycles. The largest absolute Gasteiger partial charge is 0.358 e. The van der Waals surface area contributed by atoms with Crippen LogP contribution < -0.4 is 10.2 Å². The second kappa shape index (κ2) is 6.25. The lowest BCUT2D eigenvalue weighted by Crippen LogP contribution is -2.32. The Balaban J connectivity index is 1.80. The molecule has 0 radical (unpaired) electrons. The smallest absolute Gasteiger partial charge is 0.233 e. The number of aromatic nitrogens is 3. The van der Waals surface area contributed by atoms with E-state index < -0.39 is 0 Å². The normalized spacial score (nSPS) is 20.4. The van der Waals surface area contributed by atoms with Crippen LogP contribution in [-0.2, 0) is 4.79 Å². The Morgan fingerprint density at radius 2 is 2.00 bits per heavy atom. The van der Waals surface area contributed by atoms with Gasteiger partial charge in [0.05, 0.1) is 5.25 Å². The number of nitrogens with zero attached hydrogens (tertiary/aromatic N) is 4. The van der Waals surface area contributed by atoms with Gasteiger partial charge in [0.15, 0.2) is 5.16 Å². The average molecular weight is 309 g/mol. The Morgan fingerprint density at radius 3 is 2.62 bits per heavy atom. The number of nitrogens with one attached hydrogen (secondary N) is 1. The van der Waals surface area contributed by atoms with E-state index in [0.717, 1.165) is 24.2 Å². The van der Waals surface area contributed by atoms with Crippen molar-refractivity contribution in [2.24, 2.45) is 0 Å². The standard InChI is InChI=1S/C14H23N5OS/c1-10(12(20)15-2)21-14-17-16-13(19(14)11-6-7-11)18-8-4-3-5-9-18/h10-11H,3-9H2,1-2H3,(H,15,20)/t10-/m0/s1. The van der Waals surface area contributed by atoms with Crippen LogP contribution in [0.25, 0.3) is 0 Å². The molecular weight excluding hydrogens is 286 g/mol. The molecule has 1 aliphatic carbocycles. The van der Waals surface area contributed by atoms with Gasteiger partial charge < -0.3 is 10.2 Å². The maximum atomic E-state index is 11.7. The molecule has 0 aromatic carbocycles. The monoisotopic (exact) mass is 309 g/mol. The van der Waals surface area contributed by atoms with Crippen molar-refractivity contribution in [1.82, 2.24) is 20.1 Å². The van der Waals surface area contributed by atoms with Gasteiger partial charge in [0.1, 0.15) is 0 Å². The van der Waals surface area contributed by atoms with Crippen molar-refractivity contribution in [2.45, 2.75) is 55.5 Å². The molecule has 2 aliphatic rings. The third kappa shape index (κ3) is 3.17. The summed E-state index contributed by atoms with van der Waals surface area (Å²) in [5.74, 6) is 1.04. The topological polar surface area (TPSA) is 63.1 Å². The summed E-state index contributed by atoms with van der Waals surface area (Å²) in [6.45, 7) is 4.05. The molecule has 0 spiro atoms. The molecule has 2 fully saturated rings. The fourth-order valence-corrected chi connectivity index (χ4v) is 3.70. The summed E-state index contributed by atoms with van der Waals surface area (Å²) >= 11 is 1.51. The minimum absolute atomic E-state index is 0.0323. The summed E-state index contributed by atoms with van der Waals surface area (Å²) in [6, 6.07) is 0.524. The van der Waals surface area contributed by atoms with E-state index >= 15 is 0 Å². The molecule has 1 N–H and O–H groups in total. The summed E-state index contributed by atoms with van der Waals surface area (Å²) in [7, 11) is 1.67. The second-order valence-corrected chi connectivity index (χ2v) is 7.11. The van der Waals surface area contributed by atoms with E-state index in [-0.39, 0.29) is 11.2 Å². The van der Waals surface area contributed by atoms with Crippen molar-refractivity contribution in [3.63, 3.8) is 0 Å². The Hall–Kier alpha value is -1.24. The highest BCUT2D eigenvalue weighted by Gasteiger charge is 2.33. The molecule has 3 rings (SSSR count). The fraction of sp³-hybridized carbons (Fsp3) is 0.786. The minimum Gasteiger partial charge on any atom is -0.358 e. The van der Waals surface area contributed by atoms with Gasteiger partial charge >= 0.3 is 0 Å². The molecule has 6 nitrogen and oxygen atoms in total. The third-order valence-corrected chi connectivity index (χ3v) is 5.15. The van der Waals surface area contributed by atoms with E-state index in [0.29, 0.717) is 6.04 Å². The molecule has 1 saturated heterocycles. The summed E-state index contributed by atoms with van der Waals surface area (Å²) in [5, 5.41) is 12.2. The van der Waals surface area contributed by atoms with Gasteiger partial charge in [0.2, 0.25) is 11.9 Å². The van der Waals surface area contributed by atoms with Crippen molar-refractivity contribution in [1.29, 1.82) is 0 Å². The predicted molar refractivity (Wildman–Crippen MR) is 83.7 cm³/mol. The Kier molecular flexibility index (Phi) is 4.37. The number of thioether (sulfide) groups is 1. The van der Waals surface area contributed by atoms with Gasteiger partial charge in [-0.1, -0.05) is 11.8 Å². The highest BCUT2D eigenvalue weighted by Crippen LogP contribution is 2.41. The maximum Gasteiger partial charge on any atom is 0.233 e. The Morgan fingerprint density at radius 1 is 1.29 bits per heavy atom. The van der Waals surface area contributed by atoms with Crippen LogP contribution in [0, 0.1) is 0 Å². The van der Waals surface area contributed by atoms with Gasteiger partial charge in [-0.15, -0.1) is 10.2 Å². The maximum absolute atomic E-state index is 11.7. The van der Waals surface area contributed by atoms with Crippen LogP contribution in [0.15, 0.2) is 5.16 Å². The van der Waals surface area contributed by atoms with Crippen LogP contribution in [-0.4, -0.2) is 46.1 Å². The molecule has 0 unspecified atom stereocenters. The van der Waals surface area contributed by atoms with Crippen LogP contribution in [0.3, 0.4) is 0 Å². The zero-order valence-corrected chi connectivity index (χ0v) is 13.5. The number of amides is 1. The van der Waals surface area contributed by atoms with Crippen LogP contribution in [0.4, 0.5) is 5.95 Å². The average Bonchev–Trinajstić information content (AvgIpc) is 3.28. The summed E-state index contributed by atoms with van der Waals surface area (Å²) in [4.78, 5) is 14.1. The molecule has 7 heteroatoms. The molecule has 0 bridgehead atoms. The van der Waals surface area contributed by atoms with Gasteiger partial charge in [-0.2, -0.15) is 0 Å². The Bertz CT molecular complexity index is 507. The van der Waals surface area contributed by atoms with Crippen LogP contribution >= 0.6 is 11.8 Å². The number of piperidine rings is 1. The molecule has 1 aromatic rings. The quantitative estimate of drug-likeness (QED) is 0.841. The lowest BCUT2D eigenvalue weighted by atomic mass is 10.1. The Labute approximate surface area is 129 Å². The van der Waals surface area contributed by atoms with Crippen LogP contribution in [0.5, 0.6) is 0 Å². The van der Waals surface area contributed by atoms with Crippen molar-refractivity contribution in [3.05, 3.63) is 0 Å². The second-order valence-electron chi connectivity index (χ2n) is 5.81. The minimum atomic E-state index is -0.147. The summed E-state index contributed by atoms with van der Waals surface area (Å²) in [6.07, 6.45) is 6.16. The van der Waals surface area contributed by atoms with Gasteiger partial charge in [0, 0.05) is 26.2 Å². The highest BCUT2D eigenvalue weighted by atomic mass is 32.2. The van der Waals surface area contributed by atoms with E-state index in [2.05, 4.69) is 25.0 Å².